The van der Waals surface area contributed by atoms with E-state index >= 15 is 0 Å². The number of ether oxygens (including phenoxy) is 2. The average Bonchev–Trinajstić information content (AvgIpc) is 3.12. The maximum absolute atomic E-state index is 12.1. The number of aliphatic hydroxyl groups is 5. The number of aliphatic hydroxyl groups excluding tert-OH is 5. The van der Waals surface area contributed by atoms with Gasteiger partial charge in [-0.25, -0.2) is 9.36 Å². The van der Waals surface area contributed by atoms with Gasteiger partial charge >= 0.3 is 19.8 Å². The molecule has 0 aromatic heterocycles. The topological polar surface area (TPSA) is 276 Å². The summed E-state index contributed by atoms with van der Waals surface area (Å²) < 4.78 is 31.6. The minimum atomic E-state index is -5.06. The lowest BCUT2D eigenvalue weighted by Crippen LogP contribution is -2.43. The minimum absolute atomic E-state index is 0.0124. The number of hydrogen-bond acceptors (Lipinski definition) is 13. The van der Waals surface area contributed by atoms with Crippen LogP contribution in [0.4, 0.5) is 5.69 Å². The van der Waals surface area contributed by atoms with Crippen molar-refractivity contribution in [3.05, 3.63) is 29.8 Å². The van der Waals surface area contributed by atoms with E-state index in [1.807, 2.05) is 0 Å². The van der Waals surface area contributed by atoms with Gasteiger partial charge in [0.05, 0.1) is 19.3 Å². The lowest BCUT2D eigenvalue weighted by molar-refractivity contribution is -0.192. The molecule has 0 radical (unpaired) electrons. The van der Waals surface area contributed by atoms with Gasteiger partial charge in [-0.05, 0) is 24.1 Å². The quantitative estimate of drug-likeness (QED) is 0.0755. The molecule has 0 saturated carbocycles. The number of aliphatic carboxylic acids is 2. The predicted molar refractivity (Wildman–Crippen MR) is 124 cm³/mol. The highest BCUT2D eigenvalue weighted by Gasteiger charge is 2.45. The van der Waals surface area contributed by atoms with E-state index in [0.717, 1.165) is 0 Å². The summed E-state index contributed by atoms with van der Waals surface area (Å²) in [4.78, 5) is 31.5. The highest BCUT2D eigenvalue weighted by atomic mass is 31.2. The summed E-state index contributed by atoms with van der Waals surface area (Å²) in [6.07, 6.45) is -14.4. The summed E-state index contributed by atoms with van der Waals surface area (Å²) in [5.74, 6) is -3.06. The number of carbonyl (C=O) groups is 2. The predicted octanol–water partition coefficient (Wildman–Crippen LogP) is -2.19. The van der Waals surface area contributed by atoms with Gasteiger partial charge in [0.15, 0.2) is 12.4 Å². The first kappa shape index (κ1) is 32.0. The smallest absolute Gasteiger partial charge is 0.473 e. The van der Waals surface area contributed by atoms with Crippen molar-refractivity contribution in [2.24, 2.45) is 0 Å². The largest absolute Gasteiger partial charge is 0.481 e. The van der Waals surface area contributed by atoms with E-state index in [9.17, 15) is 44.6 Å². The van der Waals surface area contributed by atoms with Crippen LogP contribution in [-0.4, -0.2) is 115 Å². The molecular formula is C21H32NO15P. The fourth-order valence-electron chi connectivity index (χ4n) is 3.39. The molecule has 1 aromatic rings. The zero-order valence-electron chi connectivity index (χ0n) is 19.9. The molecule has 10 N–H and O–H groups in total. The molecule has 0 spiro atoms. The normalized spacial score (nSPS) is 26.3. The summed E-state index contributed by atoms with van der Waals surface area (Å²) in [5, 5.41) is 68.4. The molecule has 17 heteroatoms. The van der Waals surface area contributed by atoms with Crippen LogP contribution in [0, 0.1) is 0 Å². The van der Waals surface area contributed by atoms with E-state index in [1.165, 1.54) is 0 Å². The number of anilines is 1. The SMILES string of the molecule is Nc1ccc(C[C@H](O)[C@H](O)[C@H](O)CO[C@H]2O[C@H](COP(=O)(O)O[C@@H](CCC(=O)O)C(=O)O)[C@@H](O)[C@H]2O)cc1. The Hall–Kier alpha value is -2.21. The summed E-state index contributed by atoms with van der Waals surface area (Å²) in [6.45, 7) is -1.52. The second-order valence-electron chi connectivity index (χ2n) is 8.56. The molecule has 1 fully saturated rings. The molecule has 0 aliphatic carbocycles. The highest BCUT2D eigenvalue weighted by Crippen LogP contribution is 2.46. The molecule has 16 nitrogen and oxygen atoms in total. The summed E-state index contributed by atoms with van der Waals surface area (Å²) >= 11 is 0. The second kappa shape index (κ2) is 14.3. The molecule has 1 saturated heterocycles. The molecule has 9 atom stereocenters. The molecule has 38 heavy (non-hydrogen) atoms. The fourth-order valence-corrected chi connectivity index (χ4v) is 4.30. The summed E-state index contributed by atoms with van der Waals surface area (Å²) in [7, 11) is -5.06. The van der Waals surface area contributed by atoms with Crippen LogP contribution in [0.15, 0.2) is 24.3 Å². The van der Waals surface area contributed by atoms with E-state index in [-0.39, 0.29) is 6.42 Å². The first-order valence-electron chi connectivity index (χ1n) is 11.3. The molecular weight excluding hydrogens is 537 g/mol. The van der Waals surface area contributed by atoms with Crippen LogP contribution in [-0.2, 0) is 39.1 Å². The van der Waals surface area contributed by atoms with Crippen molar-refractivity contribution < 1.29 is 73.3 Å². The van der Waals surface area contributed by atoms with E-state index in [0.29, 0.717) is 11.3 Å². The van der Waals surface area contributed by atoms with Crippen LogP contribution < -0.4 is 5.73 Å². The molecule has 2 rings (SSSR count). The molecule has 1 aliphatic heterocycles. The molecule has 216 valence electrons. The van der Waals surface area contributed by atoms with Crippen molar-refractivity contribution in [1.82, 2.24) is 0 Å². The van der Waals surface area contributed by atoms with Crippen molar-refractivity contribution in [3.8, 4) is 0 Å². The van der Waals surface area contributed by atoms with Crippen molar-refractivity contribution in [3.63, 3.8) is 0 Å². The number of phosphoric acid groups is 1. The number of carboxylic acids is 2. The van der Waals surface area contributed by atoms with E-state index in [1.54, 1.807) is 24.3 Å². The van der Waals surface area contributed by atoms with Crippen molar-refractivity contribution in [2.45, 2.75) is 68.3 Å². The Kier molecular flexibility index (Phi) is 12.0. The fraction of sp³-hybridized carbons (Fsp3) is 0.619. The van der Waals surface area contributed by atoms with Gasteiger partial charge in [0.1, 0.15) is 30.5 Å². The molecule has 1 aromatic carbocycles. The molecule has 1 unspecified atom stereocenters. The van der Waals surface area contributed by atoms with Crippen LogP contribution in [0.25, 0.3) is 0 Å². The van der Waals surface area contributed by atoms with Crippen LogP contribution in [0.5, 0.6) is 0 Å². The standard InChI is InChI=1S/C21H32NO15P/c22-11-3-1-10(2-4-11)7-12(23)17(27)13(24)8-34-21-19(29)18(28)15(36-21)9-35-38(32,33)37-14(20(30)31)5-6-16(25)26/h1-4,12-15,17-19,21,23-24,27-29H,5-9,22H2,(H,25,26)(H,30,31)(H,32,33)/t12-,13+,14-,15+,17-,18+,19+,21-/m0/s1. The Morgan fingerprint density at radius 2 is 1.68 bits per heavy atom. The maximum Gasteiger partial charge on any atom is 0.473 e. The Labute approximate surface area is 216 Å². The third-order valence-corrected chi connectivity index (χ3v) is 6.52. The first-order valence-corrected chi connectivity index (χ1v) is 12.8. The minimum Gasteiger partial charge on any atom is -0.481 e. The van der Waals surface area contributed by atoms with Gasteiger partial charge in [0.2, 0.25) is 0 Å². The van der Waals surface area contributed by atoms with Gasteiger partial charge in [0, 0.05) is 18.5 Å². The van der Waals surface area contributed by atoms with Crippen molar-refractivity contribution >= 4 is 25.4 Å². The number of hydrogen-bond donors (Lipinski definition) is 9. The zero-order chi connectivity index (χ0) is 28.6. The zero-order valence-corrected chi connectivity index (χ0v) is 20.8. The Morgan fingerprint density at radius 3 is 2.26 bits per heavy atom. The van der Waals surface area contributed by atoms with Crippen LogP contribution in [0.1, 0.15) is 18.4 Å². The van der Waals surface area contributed by atoms with Crippen molar-refractivity contribution in [2.75, 3.05) is 18.9 Å². The van der Waals surface area contributed by atoms with Crippen LogP contribution in [0.2, 0.25) is 0 Å². The number of rotatable bonds is 16. The van der Waals surface area contributed by atoms with Crippen molar-refractivity contribution in [1.29, 1.82) is 0 Å². The Morgan fingerprint density at radius 1 is 1.05 bits per heavy atom. The summed E-state index contributed by atoms with van der Waals surface area (Å²) in [6, 6.07) is 6.47. The monoisotopic (exact) mass is 569 g/mol. The van der Waals surface area contributed by atoms with E-state index in [4.69, 9.17) is 25.4 Å². The third-order valence-electron chi connectivity index (χ3n) is 5.52. The second-order valence-corrected chi connectivity index (χ2v) is 9.96. The average molecular weight is 569 g/mol. The van der Waals surface area contributed by atoms with Gasteiger partial charge in [-0.1, -0.05) is 12.1 Å². The lowest BCUT2D eigenvalue weighted by Gasteiger charge is -2.25. The van der Waals surface area contributed by atoms with Crippen LogP contribution >= 0.6 is 7.82 Å². The van der Waals surface area contributed by atoms with Gasteiger partial charge in [-0.2, -0.15) is 0 Å². The van der Waals surface area contributed by atoms with Gasteiger partial charge < -0.3 is 55.8 Å². The number of benzene rings is 1. The number of nitrogens with two attached hydrogens (primary N) is 1. The molecule has 1 heterocycles. The number of phosphoric ester groups is 1. The van der Waals surface area contributed by atoms with Gasteiger partial charge in [-0.15, -0.1) is 0 Å². The molecule has 0 bridgehead atoms. The maximum atomic E-state index is 12.1. The molecule has 1 aliphatic rings. The third kappa shape index (κ3) is 9.83. The number of nitrogen functional groups attached to an aromatic ring is 1. The van der Waals surface area contributed by atoms with E-state index < -0.39 is 94.8 Å². The van der Waals surface area contributed by atoms with Crippen LogP contribution in [0.3, 0.4) is 0 Å². The first-order chi connectivity index (χ1) is 17.7. The van der Waals surface area contributed by atoms with Gasteiger partial charge in [-0.3, -0.25) is 13.8 Å². The van der Waals surface area contributed by atoms with Gasteiger partial charge in [0.25, 0.3) is 0 Å². The van der Waals surface area contributed by atoms with E-state index in [2.05, 4.69) is 9.05 Å². The highest BCUT2D eigenvalue weighted by molar-refractivity contribution is 7.47. The number of carboxylic acid groups (broad SMARTS) is 2. The lowest BCUT2D eigenvalue weighted by atomic mass is 10.0. The molecule has 0 amide bonds. The Balaban J connectivity index is 1.84. The Bertz CT molecular complexity index is 962. The summed E-state index contributed by atoms with van der Waals surface area (Å²) in [5.41, 5.74) is 6.73.